The molecule has 136 valence electrons. The molecule has 0 spiro atoms. The summed E-state index contributed by atoms with van der Waals surface area (Å²) in [5.74, 6) is -1.13. The number of non-ortho nitro benzene ring substituents is 1. The van der Waals surface area contributed by atoms with E-state index < -0.39 is 22.9 Å². The van der Waals surface area contributed by atoms with Crippen LogP contribution in [0.25, 0.3) is 0 Å². The van der Waals surface area contributed by atoms with Gasteiger partial charge in [-0.2, -0.15) is 0 Å². The van der Waals surface area contributed by atoms with Crippen molar-refractivity contribution in [1.29, 1.82) is 0 Å². The first-order valence-corrected chi connectivity index (χ1v) is 8.85. The molecule has 0 bridgehead atoms. The summed E-state index contributed by atoms with van der Waals surface area (Å²) in [7, 11) is 0. The van der Waals surface area contributed by atoms with Crippen LogP contribution in [0.3, 0.4) is 0 Å². The van der Waals surface area contributed by atoms with E-state index in [2.05, 4.69) is 5.32 Å². The first-order chi connectivity index (χ1) is 12.4. The lowest BCUT2D eigenvalue weighted by Crippen LogP contribution is -2.30. The summed E-state index contributed by atoms with van der Waals surface area (Å²) in [5.41, 5.74) is -0.138. The van der Waals surface area contributed by atoms with E-state index in [1.54, 1.807) is 0 Å². The maximum Gasteiger partial charge on any atom is 0.317 e. The zero-order chi connectivity index (χ0) is 19.1. The Morgan fingerprint density at radius 3 is 2.62 bits per heavy atom. The van der Waals surface area contributed by atoms with Gasteiger partial charge in [0.05, 0.1) is 21.4 Å². The second-order valence-electron chi connectivity index (χ2n) is 5.14. The number of nitro benzene ring substituents is 1. The van der Waals surface area contributed by atoms with Crippen LogP contribution >= 0.6 is 23.4 Å². The van der Waals surface area contributed by atoms with Gasteiger partial charge in [-0.3, -0.25) is 19.7 Å². The number of esters is 1. The first-order valence-electron chi connectivity index (χ1n) is 7.49. The van der Waals surface area contributed by atoms with E-state index in [1.807, 2.05) is 30.3 Å². The molecule has 0 unspecified atom stereocenters. The smallest absolute Gasteiger partial charge is 0.317 e. The number of benzene rings is 2. The van der Waals surface area contributed by atoms with Crippen molar-refractivity contribution in [2.75, 3.05) is 11.1 Å². The molecule has 2 aromatic carbocycles. The summed E-state index contributed by atoms with van der Waals surface area (Å²) in [4.78, 5) is 35.1. The molecule has 2 aromatic rings. The minimum Gasteiger partial charge on any atom is -0.452 e. The number of amides is 1. The summed E-state index contributed by atoms with van der Waals surface area (Å²) in [6.45, 7) is 1.41. The molecule has 7 nitrogen and oxygen atoms in total. The number of hydrogen-bond donors (Lipinski definition) is 1. The third kappa shape index (κ3) is 5.75. The predicted octanol–water partition coefficient (Wildman–Crippen LogP) is 3.91. The number of rotatable bonds is 7. The first kappa shape index (κ1) is 19.7. The van der Waals surface area contributed by atoms with Gasteiger partial charge in [0.15, 0.2) is 6.10 Å². The summed E-state index contributed by atoms with van der Waals surface area (Å²) < 4.78 is 5.07. The van der Waals surface area contributed by atoms with Crippen LogP contribution in [0.4, 0.5) is 11.4 Å². The number of hydrogen-bond acceptors (Lipinski definition) is 6. The van der Waals surface area contributed by atoms with E-state index in [0.717, 1.165) is 11.0 Å². The fourth-order valence-electron chi connectivity index (χ4n) is 1.90. The van der Waals surface area contributed by atoms with Gasteiger partial charge in [0.2, 0.25) is 0 Å². The molecule has 1 amide bonds. The molecular weight excluding hydrogens is 380 g/mol. The van der Waals surface area contributed by atoms with E-state index in [9.17, 15) is 19.7 Å². The van der Waals surface area contributed by atoms with Crippen LogP contribution in [0.15, 0.2) is 53.4 Å². The molecule has 0 radical (unpaired) electrons. The van der Waals surface area contributed by atoms with Crippen LogP contribution in [0.2, 0.25) is 5.02 Å². The fourth-order valence-corrected chi connectivity index (χ4v) is 2.77. The molecule has 26 heavy (non-hydrogen) atoms. The lowest BCUT2D eigenvalue weighted by molar-refractivity contribution is -0.384. The number of nitrogens with one attached hydrogen (secondary N) is 1. The Hall–Kier alpha value is -2.58. The Labute approximate surface area is 158 Å². The second kappa shape index (κ2) is 9.21. The standard InChI is InChI=1S/C17H15ClN2O5S/c1-11(25-16(21)10-26-13-5-3-2-4-6-13)17(22)19-15-9-12(20(23)24)7-8-14(15)18/h2-9,11H,10H2,1H3,(H,19,22)/t11-/m0/s1. The van der Waals surface area contributed by atoms with Crippen LogP contribution in [0, 0.1) is 10.1 Å². The normalized spacial score (nSPS) is 11.5. The molecular formula is C17H15ClN2O5S. The van der Waals surface area contributed by atoms with Gasteiger partial charge in [-0.15, -0.1) is 11.8 Å². The molecule has 9 heteroatoms. The van der Waals surface area contributed by atoms with Crippen molar-refractivity contribution in [2.45, 2.75) is 17.9 Å². The molecule has 0 saturated heterocycles. The maximum atomic E-state index is 12.1. The van der Waals surface area contributed by atoms with Crippen molar-refractivity contribution in [3.05, 3.63) is 63.7 Å². The lowest BCUT2D eigenvalue weighted by atomic mass is 10.2. The molecule has 0 aliphatic rings. The molecule has 0 heterocycles. The van der Waals surface area contributed by atoms with Crippen LogP contribution in [-0.4, -0.2) is 28.7 Å². The van der Waals surface area contributed by atoms with Crippen molar-refractivity contribution in [2.24, 2.45) is 0 Å². The zero-order valence-electron chi connectivity index (χ0n) is 13.7. The highest BCUT2D eigenvalue weighted by Gasteiger charge is 2.20. The van der Waals surface area contributed by atoms with Gasteiger partial charge in [0, 0.05) is 17.0 Å². The molecule has 1 N–H and O–H groups in total. The number of halogens is 1. The van der Waals surface area contributed by atoms with E-state index in [4.69, 9.17) is 16.3 Å². The Bertz CT molecular complexity index is 816. The van der Waals surface area contributed by atoms with Crippen LogP contribution < -0.4 is 5.32 Å². The van der Waals surface area contributed by atoms with E-state index in [-0.39, 0.29) is 22.2 Å². The van der Waals surface area contributed by atoms with Crippen molar-refractivity contribution in [3.63, 3.8) is 0 Å². The Morgan fingerprint density at radius 2 is 1.96 bits per heavy atom. The average molecular weight is 395 g/mol. The summed E-state index contributed by atoms with van der Waals surface area (Å²) in [6.07, 6.45) is -1.07. The Balaban J connectivity index is 1.90. The molecule has 1 atom stereocenters. The van der Waals surface area contributed by atoms with Gasteiger partial charge in [-0.25, -0.2) is 0 Å². The van der Waals surface area contributed by atoms with Gasteiger partial charge in [0.1, 0.15) is 0 Å². The van der Waals surface area contributed by atoms with Crippen molar-refractivity contribution in [3.8, 4) is 0 Å². The Kier molecular flexibility index (Phi) is 6.99. The number of nitrogens with zero attached hydrogens (tertiary/aromatic N) is 1. The van der Waals surface area contributed by atoms with Crippen molar-refractivity contribution >= 4 is 46.6 Å². The highest BCUT2D eigenvalue weighted by atomic mass is 35.5. The van der Waals surface area contributed by atoms with Gasteiger partial charge < -0.3 is 10.1 Å². The van der Waals surface area contributed by atoms with E-state index in [0.29, 0.717) is 0 Å². The third-order valence-corrected chi connectivity index (χ3v) is 4.51. The minimum absolute atomic E-state index is 0.0548. The van der Waals surface area contributed by atoms with Crippen molar-refractivity contribution in [1.82, 2.24) is 0 Å². The monoisotopic (exact) mass is 394 g/mol. The summed E-state index contributed by atoms with van der Waals surface area (Å²) >= 11 is 7.22. The fraction of sp³-hybridized carbons (Fsp3) is 0.176. The van der Waals surface area contributed by atoms with Gasteiger partial charge in [-0.1, -0.05) is 29.8 Å². The van der Waals surface area contributed by atoms with E-state index >= 15 is 0 Å². The summed E-state index contributed by atoms with van der Waals surface area (Å²) in [6, 6.07) is 13.0. The topological polar surface area (TPSA) is 98.5 Å². The van der Waals surface area contributed by atoms with Crippen LogP contribution in [0.5, 0.6) is 0 Å². The molecule has 0 fully saturated rings. The maximum absolute atomic E-state index is 12.1. The van der Waals surface area contributed by atoms with Crippen LogP contribution in [0.1, 0.15) is 6.92 Å². The molecule has 2 rings (SSSR count). The average Bonchev–Trinajstić information content (AvgIpc) is 2.62. The largest absolute Gasteiger partial charge is 0.452 e. The number of carbonyl (C=O) groups excluding carboxylic acids is 2. The zero-order valence-corrected chi connectivity index (χ0v) is 15.3. The number of ether oxygens (including phenoxy) is 1. The number of carbonyl (C=O) groups is 2. The number of thioether (sulfide) groups is 1. The van der Waals surface area contributed by atoms with E-state index in [1.165, 1.54) is 30.8 Å². The number of anilines is 1. The minimum atomic E-state index is -1.07. The Morgan fingerprint density at radius 1 is 1.27 bits per heavy atom. The molecule has 0 aliphatic carbocycles. The summed E-state index contributed by atoms with van der Waals surface area (Å²) in [5, 5.41) is 13.4. The predicted molar refractivity (Wildman–Crippen MR) is 99.5 cm³/mol. The molecule has 0 saturated carbocycles. The van der Waals surface area contributed by atoms with Gasteiger partial charge in [-0.05, 0) is 25.1 Å². The van der Waals surface area contributed by atoms with Gasteiger partial charge >= 0.3 is 5.97 Å². The van der Waals surface area contributed by atoms with Crippen molar-refractivity contribution < 1.29 is 19.2 Å². The van der Waals surface area contributed by atoms with Crippen LogP contribution in [-0.2, 0) is 14.3 Å². The molecule has 0 aromatic heterocycles. The molecule has 0 aliphatic heterocycles. The quantitative estimate of drug-likeness (QED) is 0.331. The second-order valence-corrected chi connectivity index (χ2v) is 6.60. The third-order valence-electron chi connectivity index (χ3n) is 3.20. The lowest BCUT2D eigenvalue weighted by Gasteiger charge is -2.14. The number of nitro groups is 1. The highest BCUT2D eigenvalue weighted by molar-refractivity contribution is 8.00. The SMILES string of the molecule is C[C@H](OC(=O)CSc1ccccc1)C(=O)Nc1cc([N+](=O)[O-])ccc1Cl. The van der Waals surface area contributed by atoms with Gasteiger partial charge in [0.25, 0.3) is 11.6 Å². The highest BCUT2D eigenvalue weighted by Crippen LogP contribution is 2.27.